The zero-order chi connectivity index (χ0) is 17.5. The molecule has 2 aromatic rings. The van der Waals surface area contributed by atoms with Crippen molar-refractivity contribution in [2.24, 2.45) is 0 Å². The summed E-state index contributed by atoms with van der Waals surface area (Å²) in [5.41, 5.74) is 0.787. The summed E-state index contributed by atoms with van der Waals surface area (Å²) in [4.78, 5) is 28.2. The molecule has 2 N–H and O–H groups in total. The molecule has 0 fully saturated rings. The molecule has 1 heterocycles. The van der Waals surface area contributed by atoms with Crippen molar-refractivity contribution in [2.45, 2.75) is 0 Å². The Hall–Kier alpha value is -2.15. The lowest BCUT2D eigenvalue weighted by Gasteiger charge is -2.10. The molecule has 0 unspecified atom stereocenters. The van der Waals surface area contributed by atoms with E-state index in [4.69, 9.17) is 27.9 Å². The van der Waals surface area contributed by atoms with E-state index in [2.05, 4.69) is 15.6 Å². The van der Waals surface area contributed by atoms with E-state index in [9.17, 15) is 9.59 Å². The summed E-state index contributed by atoms with van der Waals surface area (Å²) in [5, 5.41) is 5.91. The third kappa shape index (κ3) is 4.67. The number of para-hydroxylation sites is 1. The average Bonchev–Trinajstić information content (AvgIpc) is 2.58. The maximum Gasteiger partial charge on any atom is 0.257 e. The molecule has 0 aliphatic rings. The van der Waals surface area contributed by atoms with Gasteiger partial charge < -0.3 is 15.4 Å². The Kier molecular flexibility index (Phi) is 6.54. The van der Waals surface area contributed by atoms with Crippen LogP contribution in [0.25, 0.3) is 0 Å². The molecular weight excluding hydrogens is 353 g/mol. The summed E-state index contributed by atoms with van der Waals surface area (Å²) in [6.45, 7) is 0.755. The maximum atomic E-state index is 12.3. The molecule has 8 heteroatoms. The first-order chi connectivity index (χ1) is 11.5. The minimum absolute atomic E-state index is 0.213. The Bertz CT molecular complexity index is 733. The number of carbonyl (C=O) groups is 2. The summed E-state index contributed by atoms with van der Waals surface area (Å²) >= 11 is 12.0. The summed E-state index contributed by atoms with van der Waals surface area (Å²) in [5.74, 6) is -0.811. The Morgan fingerprint density at radius 3 is 2.38 bits per heavy atom. The van der Waals surface area contributed by atoms with E-state index in [1.54, 1.807) is 25.3 Å². The van der Waals surface area contributed by atoms with Gasteiger partial charge in [0.15, 0.2) is 0 Å². The van der Waals surface area contributed by atoms with Crippen LogP contribution in [0.4, 0.5) is 5.69 Å². The Balaban J connectivity index is 2.13. The van der Waals surface area contributed by atoms with Gasteiger partial charge in [0, 0.05) is 26.0 Å². The van der Waals surface area contributed by atoms with Gasteiger partial charge in [-0.1, -0.05) is 29.3 Å². The van der Waals surface area contributed by atoms with Gasteiger partial charge in [0.1, 0.15) is 0 Å². The second-order valence-electron chi connectivity index (χ2n) is 4.76. The van der Waals surface area contributed by atoms with E-state index >= 15 is 0 Å². The first kappa shape index (κ1) is 18.2. The minimum Gasteiger partial charge on any atom is -0.383 e. The van der Waals surface area contributed by atoms with Crippen LogP contribution in [0, 0.1) is 0 Å². The van der Waals surface area contributed by atoms with E-state index in [-0.39, 0.29) is 17.0 Å². The number of carbonyl (C=O) groups excluding carboxylic acids is 2. The number of anilines is 1. The molecule has 0 atom stereocenters. The van der Waals surface area contributed by atoms with Gasteiger partial charge in [-0.15, -0.1) is 0 Å². The number of nitrogens with one attached hydrogen (secondary N) is 2. The smallest absolute Gasteiger partial charge is 0.257 e. The molecule has 0 radical (unpaired) electrons. The lowest BCUT2D eigenvalue weighted by atomic mass is 10.2. The lowest BCUT2D eigenvalue weighted by Crippen LogP contribution is -2.27. The standard InChI is InChI=1S/C16H15Cl2N3O3/c1-24-6-5-20-15(22)10-7-11(9-19-8-10)16(23)21-14-12(17)3-2-4-13(14)18/h2-4,7-9H,5-6H2,1H3,(H,20,22)(H,21,23). The summed E-state index contributed by atoms with van der Waals surface area (Å²) < 4.78 is 4.86. The maximum absolute atomic E-state index is 12.3. The molecule has 2 rings (SSSR count). The second-order valence-corrected chi connectivity index (χ2v) is 5.58. The van der Waals surface area contributed by atoms with Crippen LogP contribution in [-0.4, -0.2) is 37.1 Å². The summed E-state index contributed by atoms with van der Waals surface area (Å²) in [7, 11) is 1.54. The van der Waals surface area contributed by atoms with Crippen LogP contribution in [0.3, 0.4) is 0 Å². The Morgan fingerprint density at radius 2 is 1.75 bits per heavy atom. The van der Waals surface area contributed by atoms with Crippen molar-refractivity contribution >= 4 is 40.7 Å². The highest BCUT2D eigenvalue weighted by atomic mass is 35.5. The molecule has 0 bridgehead atoms. The van der Waals surface area contributed by atoms with Crippen LogP contribution in [-0.2, 0) is 4.74 Å². The number of hydrogen-bond donors (Lipinski definition) is 2. The average molecular weight is 368 g/mol. The first-order valence-corrected chi connectivity index (χ1v) is 7.76. The molecule has 24 heavy (non-hydrogen) atoms. The number of aromatic nitrogens is 1. The molecule has 0 spiro atoms. The molecule has 2 amide bonds. The van der Waals surface area contributed by atoms with Crippen LogP contribution in [0.2, 0.25) is 10.0 Å². The van der Waals surface area contributed by atoms with E-state index < -0.39 is 5.91 Å². The summed E-state index contributed by atoms with van der Waals surface area (Å²) in [6.07, 6.45) is 2.73. The van der Waals surface area contributed by atoms with Crippen LogP contribution >= 0.6 is 23.2 Å². The number of benzene rings is 1. The Morgan fingerprint density at radius 1 is 1.12 bits per heavy atom. The van der Waals surface area contributed by atoms with Crippen LogP contribution in [0.1, 0.15) is 20.7 Å². The molecular formula is C16H15Cl2N3O3. The van der Waals surface area contributed by atoms with Crippen molar-refractivity contribution in [1.29, 1.82) is 0 Å². The number of pyridine rings is 1. The number of halogens is 2. The SMILES string of the molecule is COCCNC(=O)c1cncc(C(=O)Nc2c(Cl)cccc2Cl)c1. The first-order valence-electron chi connectivity index (χ1n) is 7.00. The third-order valence-electron chi connectivity index (χ3n) is 3.06. The molecule has 0 saturated heterocycles. The number of ether oxygens (including phenoxy) is 1. The highest BCUT2D eigenvalue weighted by Crippen LogP contribution is 2.30. The monoisotopic (exact) mass is 367 g/mol. The lowest BCUT2D eigenvalue weighted by molar-refractivity contribution is 0.0936. The van der Waals surface area contributed by atoms with Crippen molar-refractivity contribution in [3.63, 3.8) is 0 Å². The van der Waals surface area contributed by atoms with E-state index in [0.29, 0.717) is 28.9 Å². The number of amides is 2. The zero-order valence-corrected chi connectivity index (χ0v) is 14.3. The topological polar surface area (TPSA) is 80.3 Å². The number of nitrogens with zero attached hydrogens (tertiary/aromatic N) is 1. The molecule has 126 valence electrons. The Labute approximate surface area is 149 Å². The largest absolute Gasteiger partial charge is 0.383 e. The van der Waals surface area contributed by atoms with E-state index in [1.165, 1.54) is 18.5 Å². The molecule has 1 aromatic carbocycles. The van der Waals surface area contributed by atoms with Crippen molar-refractivity contribution in [3.8, 4) is 0 Å². The van der Waals surface area contributed by atoms with Crippen molar-refractivity contribution < 1.29 is 14.3 Å². The van der Waals surface area contributed by atoms with Gasteiger partial charge in [-0.05, 0) is 18.2 Å². The predicted octanol–water partition coefficient (Wildman–Crippen LogP) is 3.02. The third-order valence-corrected chi connectivity index (χ3v) is 3.69. The highest BCUT2D eigenvalue weighted by molar-refractivity contribution is 6.40. The number of methoxy groups -OCH3 is 1. The highest BCUT2D eigenvalue weighted by Gasteiger charge is 2.14. The van der Waals surface area contributed by atoms with Gasteiger partial charge in [-0.25, -0.2) is 0 Å². The van der Waals surface area contributed by atoms with Gasteiger partial charge >= 0.3 is 0 Å². The van der Waals surface area contributed by atoms with Crippen LogP contribution in [0.5, 0.6) is 0 Å². The van der Waals surface area contributed by atoms with Crippen molar-refractivity contribution in [3.05, 3.63) is 57.8 Å². The van der Waals surface area contributed by atoms with Crippen molar-refractivity contribution in [1.82, 2.24) is 10.3 Å². The number of hydrogen-bond acceptors (Lipinski definition) is 4. The van der Waals surface area contributed by atoms with E-state index in [1.807, 2.05) is 0 Å². The second kappa shape index (κ2) is 8.63. The normalized spacial score (nSPS) is 10.3. The van der Waals surface area contributed by atoms with Crippen LogP contribution in [0.15, 0.2) is 36.7 Å². The van der Waals surface area contributed by atoms with Gasteiger partial charge in [0.2, 0.25) is 0 Å². The molecule has 6 nitrogen and oxygen atoms in total. The fourth-order valence-electron chi connectivity index (χ4n) is 1.86. The predicted molar refractivity (Wildman–Crippen MR) is 92.9 cm³/mol. The fourth-order valence-corrected chi connectivity index (χ4v) is 2.35. The summed E-state index contributed by atoms with van der Waals surface area (Å²) in [6, 6.07) is 6.34. The van der Waals surface area contributed by atoms with Crippen molar-refractivity contribution in [2.75, 3.05) is 25.6 Å². The van der Waals surface area contributed by atoms with Crippen LogP contribution < -0.4 is 10.6 Å². The number of rotatable bonds is 6. The molecule has 0 aliphatic heterocycles. The molecule has 0 saturated carbocycles. The quantitative estimate of drug-likeness (QED) is 0.769. The van der Waals surface area contributed by atoms with Gasteiger partial charge in [-0.3, -0.25) is 14.6 Å². The van der Waals surface area contributed by atoms with Gasteiger partial charge in [0.25, 0.3) is 11.8 Å². The molecule has 0 aliphatic carbocycles. The van der Waals surface area contributed by atoms with Gasteiger partial charge in [0.05, 0.1) is 33.5 Å². The fraction of sp³-hybridized carbons (Fsp3) is 0.188. The molecule has 1 aromatic heterocycles. The van der Waals surface area contributed by atoms with Gasteiger partial charge in [-0.2, -0.15) is 0 Å². The van der Waals surface area contributed by atoms with E-state index in [0.717, 1.165) is 0 Å². The minimum atomic E-state index is -0.468. The zero-order valence-electron chi connectivity index (χ0n) is 12.8.